The highest BCUT2D eigenvalue weighted by Gasteiger charge is 2.16. The van der Waals surface area contributed by atoms with Gasteiger partial charge < -0.3 is 13.9 Å². The molecule has 0 radical (unpaired) electrons. The largest absolute Gasteiger partial charge is 0.466 e. The van der Waals surface area contributed by atoms with E-state index in [0.29, 0.717) is 35.1 Å². The molecule has 1 aromatic carbocycles. The first-order valence-electron chi connectivity index (χ1n) is 9.33. The van der Waals surface area contributed by atoms with Gasteiger partial charge in [-0.05, 0) is 49.1 Å². The Kier molecular flexibility index (Phi) is 6.39. The standard InChI is InChI=1S/C22H21NO6/c1-3-10-27-20(24)5-4-16-12-17-14(2)11-21(25)28-19(17)13-18(16)29-22(26)15-6-8-23-9-7-15/h6-9,11-13H,3-5,10H2,1-2H3. The van der Waals surface area contributed by atoms with Gasteiger partial charge in [0, 0.05) is 36.3 Å². The van der Waals surface area contributed by atoms with Crippen LogP contribution in [0.2, 0.25) is 0 Å². The Bertz CT molecular complexity index is 1090. The molecule has 0 saturated carbocycles. The van der Waals surface area contributed by atoms with Crippen molar-refractivity contribution in [2.75, 3.05) is 6.61 Å². The van der Waals surface area contributed by atoms with Gasteiger partial charge in [-0.3, -0.25) is 9.78 Å². The fourth-order valence-electron chi connectivity index (χ4n) is 2.85. The first kappa shape index (κ1) is 20.3. The van der Waals surface area contributed by atoms with Crippen LogP contribution in [0.3, 0.4) is 0 Å². The van der Waals surface area contributed by atoms with E-state index >= 15 is 0 Å². The lowest BCUT2D eigenvalue weighted by atomic mass is 10.0. The molecule has 0 N–H and O–H groups in total. The molecule has 2 aromatic heterocycles. The van der Waals surface area contributed by atoms with Crippen LogP contribution in [0.5, 0.6) is 5.75 Å². The van der Waals surface area contributed by atoms with Gasteiger partial charge in [0.25, 0.3) is 0 Å². The third kappa shape index (κ3) is 5.07. The molecular weight excluding hydrogens is 374 g/mol. The molecule has 0 atom stereocenters. The zero-order chi connectivity index (χ0) is 20.8. The number of hydrogen-bond donors (Lipinski definition) is 0. The maximum Gasteiger partial charge on any atom is 0.343 e. The normalized spacial score (nSPS) is 10.7. The average Bonchev–Trinajstić information content (AvgIpc) is 2.71. The highest BCUT2D eigenvalue weighted by molar-refractivity contribution is 5.92. The molecule has 0 fully saturated rings. The summed E-state index contributed by atoms with van der Waals surface area (Å²) in [7, 11) is 0. The molecule has 0 aliphatic heterocycles. The first-order valence-corrected chi connectivity index (χ1v) is 9.33. The molecule has 0 unspecified atom stereocenters. The van der Waals surface area contributed by atoms with Crippen molar-refractivity contribution in [3.63, 3.8) is 0 Å². The number of carbonyl (C=O) groups excluding carboxylic acids is 2. The van der Waals surface area contributed by atoms with Crippen molar-refractivity contribution in [2.24, 2.45) is 0 Å². The summed E-state index contributed by atoms with van der Waals surface area (Å²) in [4.78, 5) is 40.0. The van der Waals surface area contributed by atoms with Crippen LogP contribution in [-0.2, 0) is 16.0 Å². The number of esters is 2. The van der Waals surface area contributed by atoms with Crippen LogP contribution in [0.1, 0.15) is 41.3 Å². The van der Waals surface area contributed by atoms with Gasteiger partial charge in [0.1, 0.15) is 11.3 Å². The van der Waals surface area contributed by atoms with Crippen LogP contribution in [0.25, 0.3) is 11.0 Å². The molecule has 2 heterocycles. The number of hydrogen-bond acceptors (Lipinski definition) is 7. The van der Waals surface area contributed by atoms with Crippen molar-refractivity contribution in [1.29, 1.82) is 0 Å². The molecule has 0 amide bonds. The Labute approximate surface area is 167 Å². The van der Waals surface area contributed by atoms with Gasteiger partial charge in [-0.25, -0.2) is 9.59 Å². The van der Waals surface area contributed by atoms with E-state index in [4.69, 9.17) is 13.9 Å². The molecule has 0 aliphatic rings. The molecule has 7 nitrogen and oxygen atoms in total. The first-order chi connectivity index (χ1) is 14.0. The van der Waals surface area contributed by atoms with Gasteiger partial charge in [-0.15, -0.1) is 0 Å². The number of pyridine rings is 1. The number of aryl methyl sites for hydroxylation is 2. The van der Waals surface area contributed by atoms with E-state index in [0.717, 1.165) is 12.0 Å². The minimum atomic E-state index is -0.573. The molecule has 7 heteroatoms. The summed E-state index contributed by atoms with van der Waals surface area (Å²) in [5, 5.41) is 0.713. The fraction of sp³-hybridized carbons (Fsp3) is 0.273. The van der Waals surface area contributed by atoms with E-state index in [-0.39, 0.29) is 18.1 Å². The van der Waals surface area contributed by atoms with Gasteiger partial charge in [0.2, 0.25) is 0 Å². The molecule has 150 valence electrons. The topological polar surface area (TPSA) is 95.7 Å². The third-order valence-electron chi connectivity index (χ3n) is 4.32. The van der Waals surface area contributed by atoms with E-state index in [1.165, 1.54) is 36.7 Å². The summed E-state index contributed by atoms with van der Waals surface area (Å²) in [5.74, 6) is -0.664. The average molecular weight is 395 g/mol. The van der Waals surface area contributed by atoms with Gasteiger partial charge in [0.05, 0.1) is 12.2 Å². The van der Waals surface area contributed by atoms with Crippen molar-refractivity contribution in [2.45, 2.75) is 33.1 Å². The minimum absolute atomic E-state index is 0.140. The number of benzene rings is 1. The fourth-order valence-corrected chi connectivity index (χ4v) is 2.85. The van der Waals surface area contributed by atoms with Gasteiger partial charge >= 0.3 is 17.6 Å². The van der Waals surface area contributed by atoms with Crippen LogP contribution in [0, 0.1) is 6.92 Å². The van der Waals surface area contributed by atoms with Crippen molar-refractivity contribution >= 4 is 22.9 Å². The SMILES string of the molecule is CCCOC(=O)CCc1cc2c(C)cc(=O)oc2cc1OC(=O)c1ccncc1. The van der Waals surface area contributed by atoms with E-state index in [2.05, 4.69) is 4.98 Å². The van der Waals surface area contributed by atoms with Crippen molar-refractivity contribution in [3.05, 3.63) is 69.8 Å². The Balaban J connectivity index is 1.94. The van der Waals surface area contributed by atoms with E-state index < -0.39 is 11.6 Å². The number of carbonyl (C=O) groups is 2. The Morgan fingerprint density at radius 2 is 1.90 bits per heavy atom. The maximum absolute atomic E-state index is 12.5. The third-order valence-corrected chi connectivity index (χ3v) is 4.32. The lowest BCUT2D eigenvalue weighted by Gasteiger charge is -2.12. The second-order valence-electron chi connectivity index (χ2n) is 6.55. The van der Waals surface area contributed by atoms with E-state index in [1.807, 2.05) is 6.92 Å². The lowest BCUT2D eigenvalue weighted by molar-refractivity contribution is -0.143. The van der Waals surface area contributed by atoms with E-state index in [9.17, 15) is 14.4 Å². The van der Waals surface area contributed by atoms with E-state index in [1.54, 1.807) is 13.0 Å². The highest BCUT2D eigenvalue weighted by atomic mass is 16.5. The lowest BCUT2D eigenvalue weighted by Crippen LogP contribution is -2.11. The van der Waals surface area contributed by atoms with Gasteiger partial charge in [-0.2, -0.15) is 0 Å². The molecular formula is C22H21NO6. The van der Waals surface area contributed by atoms with Crippen LogP contribution < -0.4 is 10.4 Å². The van der Waals surface area contributed by atoms with Crippen LogP contribution >= 0.6 is 0 Å². The summed E-state index contributed by atoms with van der Waals surface area (Å²) < 4.78 is 15.9. The molecule has 3 rings (SSSR count). The summed E-state index contributed by atoms with van der Waals surface area (Å²) in [5.41, 5.74) is 1.53. The number of ether oxygens (including phenoxy) is 2. The summed E-state index contributed by atoms with van der Waals surface area (Å²) in [6.45, 7) is 4.08. The van der Waals surface area contributed by atoms with Crippen LogP contribution in [0.4, 0.5) is 0 Å². The smallest absolute Gasteiger partial charge is 0.343 e. The van der Waals surface area contributed by atoms with Crippen LogP contribution in [-0.4, -0.2) is 23.5 Å². The molecule has 0 aliphatic carbocycles. The Morgan fingerprint density at radius 3 is 2.62 bits per heavy atom. The molecule has 3 aromatic rings. The number of rotatable bonds is 7. The quantitative estimate of drug-likeness (QED) is 0.343. The maximum atomic E-state index is 12.5. The predicted molar refractivity (Wildman–Crippen MR) is 106 cm³/mol. The summed E-state index contributed by atoms with van der Waals surface area (Å²) in [6.07, 6.45) is 4.18. The predicted octanol–water partition coefficient (Wildman–Crippen LogP) is 3.60. The Morgan fingerprint density at radius 1 is 1.14 bits per heavy atom. The molecule has 0 bridgehead atoms. The molecule has 0 saturated heterocycles. The summed E-state index contributed by atoms with van der Waals surface area (Å²) in [6, 6.07) is 7.75. The summed E-state index contributed by atoms with van der Waals surface area (Å²) >= 11 is 0. The monoisotopic (exact) mass is 395 g/mol. The second kappa shape index (κ2) is 9.14. The molecule has 29 heavy (non-hydrogen) atoms. The molecule has 0 spiro atoms. The number of aromatic nitrogens is 1. The zero-order valence-electron chi connectivity index (χ0n) is 16.3. The van der Waals surface area contributed by atoms with Gasteiger partial charge in [-0.1, -0.05) is 6.92 Å². The van der Waals surface area contributed by atoms with Crippen molar-refractivity contribution < 1.29 is 23.5 Å². The number of fused-ring (bicyclic) bond motifs is 1. The second-order valence-corrected chi connectivity index (χ2v) is 6.55. The van der Waals surface area contributed by atoms with Crippen molar-refractivity contribution in [1.82, 2.24) is 4.98 Å². The minimum Gasteiger partial charge on any atom is -0.466 e. The van der Waals surface area contributed by atoms with Crippen LogP contribution in [0.15, 0.2) is 51.9 Å². The zero-order valence-corrected chi connectivity index (χ0v) is 16.3. The van der Waals surface area contributed by atoms with Gasteiger partial charge in [0.15, 0.2) is 0 Å². The Hall–Kier alpha value is -3.48. The van der Waals surface area contributed by atoms with Crippen molar-refractivity contribution in [3.8, 4) is 5.75 Å². The number of nitrogens with zero attached hydrogens (tertiary/aromatic N) is 1. The highest BCUT2D eigenvalue weighted by Crippen LogP contribution is 2.29.